The summed E-state index contributed by atoms with van der Waals surface area (Å²) in [6.45, 7) is 7.36. The second-order valence-corrected chi connectivity index (χ2v) is 6.04. The van der Waals surface area contributed by atoms with Crippen LogP contribution in [0.5, 0.6) is 0 Å². The maximum absolute atomic E-state index is 5.84. The Morgan fingerprint density at radius 1 is 1.40 bits per heavy atom. The highest BCUT2D eigenvalue weighted by Crippen LogP contribution is 2.22. The Labute approximate surface area is 122 Å². The van der Waals surface area contributed by atoms with Crippen molar-refractivity contribution < 1.29 is 4.74 Å². The molecule has 0 spiro atoms. The third kappa shape index (κ3) is 3.20. The molecule has 0 radical (unpaired) electrons. The van der Waals surface area contributed by atoms with Crippen molar-refractivity contribution in [2.45, 2.75) is 26.5 Å². The van der Waals surface area contributed by atoms with Gasteiger partial charge in [-0.05, 0) is 19.9 Å². The van der Waals surface area contributed by atoms with Crippen LogP contribution < -0.4 is 0 Å². The molecule has 3 heterocycles. The van der Waals surface area contributed by atoms with Crippen LogP contribution in [0.25, 0.3) is 0 Å². The lowest BCUT2D eigenvalue weighted by molar-refractivity contribution is -0.0354. The number of nitrogens with zero attached hydrogens (tertiary/aromatic N) is 4. The lowest BCUT2D eigenvalue weighted by atomic mass is 10.2. The molecule has 20 heavy (non-hydrogen) atoms. The van der Waals surface area contributed by atoms with E-state index in [1.54, 1.807) is 17.5 Å². The highest BCUT2D eigenvalue weighted by molar-refractivity contribution is 7.09. The molecule has 6 heteroatoms. The third-order valence-corrected chi connectivity index (χ3v) is 4.15. The SMILES string of the molecule is Cc1nccc(C2CN(Cc3csc(C)n3)CCO2)n1. The number of hydrogen-bond donors (Lipinski definition) is 0. The quantitative estimate of drug-likeness (QED) is 0.866. The second-order valence-electron chi connectivity index (χ2n) is 4.98. The average Bonchev–Trinajstić information content (AvgIpc) is 2.84. The third-order valence-electron chi connectivity index (χ3n) is 3.33. The van der Waals surface area contributed by atoms with E-state index in [1.165, 1.54) is 0 Å². The lowest BCUT2D eigenvalue weighted by Crippen LogP contribution is -2.38. The summed E-state index contributed by atoms with van der Waals surface area (Å²) in [5.41, 5.74) is 2.11. The zero-order valence-corrected chi connectivity index (χ0v) is 12.6. The van der Waals surface area contributed by atoms with Gasteiger partial charge in [0.2, 0.25) is 0 Å². The Balaban J connectivity index is 1.67. The Morgan fingerprint density at radius 2 is 2.30 bits per heavy atom. The molecule has 1 unspecified atom stereocenters. The van der Waals surface area contributed by atoms with Crippen molar-refractivity contribution in [3.8, 4) is 0 Å². The van der Waals surface area contributed by atoms with Gasteiger partial charge >= 0.3 is 0 Å². The number of ether oxygens (including phenoxy) is 1. The van der Waals surface area contributed by atoms with Crippen LogP contribution in [0.2, 0.25) is 0 Å². The predicted octanol–water partition coefficient (Wildman–Crippen LogP) is 2.12. The molecule has 106 valence electrons. The van der Waals surface area contributed by atoms with Crippen LogP contribution in [-0.2, 0) is 11.3 Å². The number of morpholine rings is 1. The highest BCUT2D eigenvalue weighted by Gasteiger charge is 2.23. The van der Waals surface area contributed by atoms with Gasteiger partial charge in [0.25, 0.3) is 0 Å². The zero-order chi connectivity index (χ0) is 13.9. The molecule has 2 aromatic rings. The lowest BCUT2D eigenvalue weighted by Gasteiger charge is -2.32. The first-order chi connectivity index (χ1) is 9.70. The van der Waals surface area contributed by atoms with Crippen LogP contribution in [-0.4, -0.2) is 39.5 Å². The van der Waals surface area contributed by atoms with Crippen molar-refractivity contribution in [3.05, 3.63) is 39.9 Å². The van der Waals surface area contributed by atoms with Gasteiger partial charge in [-0.1, -0.05) is 0 Å². The molecule has 2 aromatic heterocycles. The van der Waals surface area contributed by atoms with Crippen LogP contribution in [0.15, 0.2) is 17.6 Å². The summed E-state index contributed by atoms with van der Waals surface area (Å²) in [5.74, 6) is 0.790. The van der Waals surface area contributed by atoms with Crippen molar-refractivity contribution in [1.29, 1.82) is 0 Å². The standard InChI is InChI=1S/C14H18N4OS/c1-10-15-4-3-13(16-10)14-8-18(5-6-19-14)7-12-9-20-11(2)17-12/h3-4,9,14H,5-8H2,1-2H3. The van der Waals surface area contributed by atoms with Crippen LogP contribution >= 0.6 is 11.3 Å². The molecule has 3 rings (SSSR count). The topological polar surface area (TPSA) is 51.1 Å². The molecule has 1 atom stereocenters. The van der Waals surface area contributed by atoms with Gasteiger partial charge in [0, 0.05) is 31.2 Å². The van der Waals surface area contributed by atoms with Gasteiger partial charge in [-0.15, -0.1) is 11.3 Å². The molecule has 5 nitrogen and oxygen atoms in total. The van der Waals surface area contributed by atoms with Crippen LogP contribution in [0.4, 0.5) is 0 Å². The first kappa shape index (κ1) is 13.6. The first-order valence-electron chi connectivity index (χ1n) is 6.75. The summed E-state index contributed by atoms with van der Waals surface area (Å²) in [6.07, 6.45) is 1.83. The summed E-state index contributed by atoms with van der Waals surface area (Å²) in [4.78, 5) is 15.5. The van der Waals surface area contributed by atoms with E-state index >= 15 is 0 Å². The number of aryl methyl sites for hydroxylation is 2. The molecule has 0 N–H and O–H groups in total. The van der Waals surface area contributed by atoms with E-state index in [9.17, 15) is 0 Å². The number of aromatic nitrogens is 3. The minimum Gasteiger partial charge on any atom is -0.369 e. The number of hydrogen-bond acceptors (Lipinski definition) is 6. The smallest absolute Gasteiger partial charge is 0.125 e. The minimum atomic E-state index is 0.0326. The molecule has 0 saturated carbocycles. The molecule has 1 fully saturated rings. The monoisotopic (exact) mass is 290 g/mol. The molecule has 0 bridgehead atoms. The summed E-state index contributed by atoms with van der Waals surface area (Å²) < 4.78 is 5.84. The molecule has 0 amide bonds. The van der Waals surface area contributed by atoms with Crippen molar-refractivity contribution in [2.24, 2.45) is 0 Å². The van der Waals surface area contributed by atoms with E-state index in [2.05, 4.69) is 25.2 Å². The number of thiazole rings is 1. The Bertz CT molecular complexity index is 586. The van der Waals surface area contributed by atoms with Gasteiger partial charge in [0.1, 0.15) is 11.9 Å². The maximum atomic E-state index is 5.84. The summed E-state index contributed by atoms with van der Waals surface area (Å²) in [6, 6.07) is 1.94. The van der Waals surface area contributed by atoms with Gasteiger partial charge in [0.15, 0.2) is 0 Å². The Kier molecular flexibility index (Phi) is 4.05. The molecule has 0 aliphatic carbocycles. The van der Waals surface area contributed by atoms with E-state index in [0.717, 1.165) is 48.5 Å². The summed E-state index contributed by atoms with van der Waals surface area (Å²) in [7, 11) is 0. The van der Waals surface area contributed by atoms with Gasteiger partial charge in [-0.2, -0.15) is 0 Å². The average molecular weight is 290 g/mol. The predicted molar refractivity (Wildman–Crippen MR) is 77.6 cm³/mol. The van der Waals surface area contributed by atoms with Crippen molar-refractivity contribution in [2.75, 3.05) is 19.7 Å². The normalized spacial score (nSPS) is 20.2. The minimum absolute atomic E-state index is 0.0326. The zero-order valence-electron chi connectivity index (χ0n) is 11.7. The van der Waals surface area contributed by atoms with Gasteiger partial charge in [-0.25, -0.2) is 15.0 Å². The fourth-order valence-corrected chi connectivity index (χ4v) is 2.99. The van der Waals surface area contributed by atoms with Gasteiger partial charge in [-0.3, -0.25) is 4.90 Å². The van der Waals surface area contributed by atoms with Crippen LogP contribution in [0.1, 0.15) is 28.3 Å². The van der Waals surface area contributed by atoms with Crippen molar-refractivity contribution in [3.63, 3.8) is 0 Å². The first-order valence-corrected chi connectivity index (χ1v) is 7.63. The van der Waals surface area contributed by atoms with E-state index in [4.69, 9.17) is 4.74 Å². The molecular weight excluding hydrogens is 272 g/mol. The second kappa shape index (κ2) is 5.95. The molecule has 1 aliphatic rings. The van der Waals surface area contributed by atoms with Crippen molar-refractivity contribution in [1.82, 2.24) is 19.9 Å². The van der Waals surface area contributed by atoms with E-state index in [0.29, 0.717) is 0 Å². The molecular formula is C14H18N4OS. The fraction of sp³-hybridized carbons (Fsp3) is 0.500. The van der Waals surface area contributed by atoms with Crippen LogP contribution in [0, 0.1) is 13.8 Å². The van der Waals surface area contributed by atoms with Crippen LogP contribution in [0.3, 0.4) is 0 Å². The van der Waals surface area contributed by atoms with E-state index in [1.807, 2.05) is 19.9 Å². The molecule has 0 aromatic carbocycles. The number of rotatable bonds is 3. The highest BCUT2D eigenvalue weighted by atomic mass is 32.1. The Morgan fingerprint density at radius 3 is 3.05 bits per heavy atom. The fourth-order valence-electron chi connectivity index (χ4n) is 2.39. The summed E-state index contributed by atoms with van der Waals surface area (Å²) >= 11 is 1.70. The van der Waals surface area contributed by atoms with Gasteiger partial charge < -0.3 is 4.74 Å². The van der Waals surface area contributed by atoms with E-state index in [-0.39, 0.29) is 6.10 Å². The maximum Gasteiger partial charge on any atom is 0.125 e. The summed E-state index contributed by atoms with van der Waals surface area (Å²) in [5, 5.41) is 3.26. The van der Waals surface area contributed by atoms with E-state index < -0.39 is 0 Å². The molecule has 1 aliphatic heterocycles. The molecule has 1 saturated heterocycles. The largest absolute Gasteiger partial charge is 0.369 e. The van der Waals surface area contributed by atoms with Gasteiger partial charge in [0.05, 0.1) is 23.0 Å². The van der Waals surface area contributed by atoms with Crippen molar-refractivity contribution >= 4 is 11.3 Å². The Hall–Kier alpha value is -1.37.